The second-order valence-corrected chi connectivity index (χ2v) is 6.41. The smallest absolute Gasteiger partial charge is 0.239 e. The Labute approximate surface area is 123 Å². The lowest BCUT2D eigenvalue weighted by Crippen LogP contribution is -2.32. The summed E-state index contributed by atoms with van der Waals surface area (Å²) in [5.74, 6) is -0.780. The molecule has 0 saturated carbocycles. The Bertz CT molecular complexity index is 710. The Morgan fingerprint density at radius 1 is 0.952 bits per heavy atom. The first-order valence-corrected chi connectivity index (χ1v) is 8.01. The molecule has 2 rings (SSSR count). The molecule has 0 spiro atoms. The molecule has 0 aliphatic rings. The van der Waals surface area contributed by atoms with E-state index in [9.17, 15) is 13.2 Å². The third-order valence-corrected chi connectivity index (χ3v) is 4.07. The zero-order chi connectivity index (χ0) is 15.3. The second-order valence-electron chi connectivity index (χ2n) is 4.69. The summed E-state index contributed by atoms with van der Waals surface area (Å²) in [6.07, 6.45) is -0.00566. The summed E-state index contributed by atoms with van der Waals surface area (Å²) < 4.78 is 25.9. The zero-order valence-corrected chi connectivity index (χ0v) is 12.1. The van der Waals surface area contributed by atoms with E-state index >= 15 is 0 Å². The van der Waals surface area contributed by atoms with Crippen molar-refractivity contribution >= 4 is 21.6 Å². The highest BCUT2D eigenvalue weighted by molar-refractivity contribution is 7.89. The van der Waals surface area contributed by atoms with Crippen LogP contribution in [0.5, 0.6) is 0 Å². The molecule has 0 fully saturated rings. The molecule has 2 aromatic carbocycles. The molecule has 1 amide bonds. The zero-order valence-electron chi connectivity index (χ0n) is 11.3. The molecule has 0 aromatic heterocycles. The van der Waals surface area contributed by atoms with Crippen molar-refractivity contribution in [1.82, 2.24) is 4.72 Å². The molecule has 0 aliphatic heterocycles. The molecule has 21 heavy (non-hydrogen) atoms. The van der Waals surface area contributed by atoms with Crippen LogP contribution in [0.1, 0.15) is 11.1 Å². The average Bonchev–Trinajstić information content (AvgIpc) is 2.41. The maximum Gasteiger partial charge on any atom is 0.239 e. The summed E-state index contributed by atoms with van der Waals surface area (Å²) in [4.78, 5) is 11.8. The van der Waals surface area contributed by atoms with Gasteiger partial charge in [0.2, 0.25) is 15.9 Å². The van der Waals surface area contributed by atoms with Crippen LogP contribution in [-0.4, -0.2) is 14.3 Å². The SMILES string of the molecule is Nc1ccc(CC(=O)NS(=O)(=O)Cc2ccccc2)cc1. The van der Waals surface area contributed by atoms with Crippen LogP contribution >= 0.6 is 0 Å². The molecule has 0 aliphatic carbocycles. The Morgan fingerprint density at radius 2 is 1.57 bits per heavy atom. The van der Waals surface area contributed by atoms with Crippen LogP contribution < -0.4 is 10.5 Å². The van der Waals surface area contributed by atoms with Gasteiger partial charge in [-0.15, -0.1) is 0 Å². The van der Waals surface area contributed by atoms with Crippen LogP contribution in [-0.2, 0) is 27.0 Å². The first-order valence-electron chi connectivity index (χ1n) is 6.36. The Hall–Kier alpha value is -2.34. The van der Waals surface area contributed by atoms with Crippen molar-refractivity contribution in [2.75, 3.05) is 5.73 Å². The highest BCUT2D eigenvalue weighted by Crippen LogP contribution is 2.07. The molecule has 110 valence electrons. The van der Waals surface area contributed by atoms with Gasteiger partial charge in [-0.2, -0.15) is 0 Å². The first-order chi connectivity index (χ1) is 9.94. The Balaban J connectivity index is 1.96. The number of carbonyl (C=O) groups is 1. The Morgan fingerprint density at radius 3 is 2.19 bits per heavy atom. The highest BCUT2D eigenvalue weighted by Gasteiger charge is 2.15. The van der Waals surface area contributed by atoms with E-state index in [2.05, 4.69) is 4.72 Å². The molecular formula is C15H16N2O3S. The van der Waals surface area contributed by atoms with Crippen LogP contribution in [0.3, 0.4) is 0 Å². The molecule has 5 nitrogen and oxygen atoms in total. The van der Waals surface area contributed by atoms with Crippen molar-refractivity contribution in [1.29, 1.82) is 0 Å². The number of hydrogen-bond acceptors (Lipinski definition) is 4. The number of hydrogen-bond donors (Lipinski definition) is 2. The van der Waals surface area contributed by atoms with Crippen molar-refractivity contribution in [2.24, 2.45) is 0 Å². The molecule has 0 atom stereocenters. The molecule has 0 radical (unpaired) electrons. The minimum atomic E-state index is -3.69. The van der Waals surface area contributed by atoms with Crippen molar-refractivity contribution in [3.8, 4) is 0 Å². The van der Waals surface area contributed by atoms with E-state index in [0.29, 0.717) is 16.8 Å². The van der Waals surface area contributed by atoms with Crippen molar-refractivity contribution in [3.05, 3.63) is 65.7 Å². The van der Waals surface area contributed by atoms with Gasteiger partial charge < -0.3 is 5.73 Å². The molecule has 0 unspecified atom stereocenters. The number of carbonyl (C=O) groups excluding carboxylic acids is 1. The Kier molecular flexibility index (Phi) is 4.59. The van der Waals surface area contributed by atoms with Gasteiger partial charge in [-0.25, -0.2) is 8.42 Å². The van der Waals surface area contributed by atoms with Crippen LogP contribution in [0.15, 0.2) is 54.6 Å². The lowest BCUT2D eigenvalue weighted by molar-refractivity contribution is -0.118. The van der Waals surface area contributed by atoms with Gasteiger partial charge in [-0.05, 0) is 23.3 Å². The lowest BCUT2D eigenvalue weighted by Gasteiger charge is -2.07. The molecular weight excluding hydrogens is 288 g/mol. The van der Waals surface area contributed by atoms with Gasteiger partial charge in [-0.1, -0.05) is 42.5 Å². The fraction of sp³-hybridized carbons (Fsp3) is 0.133. The molecule has 2 aromatic rings. The molecule has 0 heterocycles. The highest BCUT2D eigenvalue weighted by atomic mass is 32.2. The van der Waals surface area contributed by atoms with Crippen molar-refractivity contribution in [3.63, 3.8) is 0 Å². The van der Waals surface area contributed by atoms with E-state index in [1.807, 2.05) is 0 Å². The molecule has 0 saturated heterocycles. The summed E-state index contributed by atoms with van der Waals surface area (Å²) in [5.41, 5.74) is 7.48. The minimum Gasteiger partial charge on any atom is -0.399 e. The summed E-state index contributed by atoms with van der Waals surface area (Å²) in [5, 5.41) is 0. The number of sulfonamides is 1. The van der Waals surface area contributed by atoms with E-state index in [4.69, 9.17) is 5.73 Å². The summed E-state index contributed by atoms with van der Waals surface area (Å²) in [7, 11) is -3.69. The van der Waals surface area contributed by atoms with E-state index < -0.39 is 15.9 Å². The number of anilines is 1. The van der Waals surface area contributed by atoms with Crippen molar-refractivity contribution < 1.29 is 13.2 Å². The topological polar surface area (TPSA) is 89.3 Å². The normalized spacial score (nSPS) is 11.0. The monoisotopic (exact) mass is 304 g/mol. The van der Waals surface area contributed by atoms with Gasteiger partial charge in [-0.3, -0.25) is 9.52 Å². The fourth-order valence-corrected chi connectivity index (χ4v) is 2.98. The number of rotatable bonds is 5. The first kappa shape index (κ1) is 15.1. The van der Waals surface area contributed by atoms with Crippen LogP contribution in [0.2, 0.25) is 0 Å². The molecule has 0 bridgehead atoms. The van der Waals surface area contributed by atoms with Gasteiger partial charge in [0.25, 0.3) is 0 Å². The second kappa shape index (κ2) is 6.41. The van der Waals surface area contributed by atoms with Gasteiger partial charge >= 0.3 is 0 Å². The number of amides is 1. The fourth-order valence-electron chi connectivity index (χ4n) is 1.86. The number of nitrogens with one attached hydrogen (secondary N) is 1. The summed E-state index contributed by atoms with van der Waals surface area (Å²) in [6, 6.07) is 15.4. The van der Waals surface area contributed by atoms with Gasteiger partial charge in [0.15, 0.2) is 0 Å². The number of benzene rings is 2. The summed E-state index contributed by atoms with van der Waals surface area (Å²) in [6.45, 7) is 0. The number of nitrogens with two attached hydrogens (primary N) is 1. The van der Waals surface area contributed by atoms with E-state index in [1.165, 1.54) is 0 Å². The van der Waals surface area contributed by atoms with Gasteiger partial charge in [0, 0.05) is 5.69 Å². The predicted molar refractivity (Wildman–Crippen MR) is 81.8 cm³/mol. The number of nitrogen functional groups attached to an aromatic ring is 1. The lowest BCUT2D eigenvalue weighted by atomic mass is 10.1. The third-order valence-electron chi connectivity index (χ3n) is 2.81. The summed E-state index contributed by atoms with van der Waals surface area (Å²) >= 11 is 0. The average molecular weight is 304 g/mol. The van der Waals surface area contributed by atoms with E-state index in [-0.39, 0.29) is 12.2 Å². The quantitative estimate of drug-likeness (QED) is 0.818. The van der Waals surface area contributed by atoms with Crippen LogP contribution in [0, 0.1) is 0 Å². The minimum absolute atomic E-state index is 0.00566. The third kappa shape index (κ3) is 4.92. The van der Waals surface area contributed by atoms with Crippen molar-refractivity contribution in [2.45, 2.75) is 12.2 Å². The molecule has 3 N–H and O–H groups in total. The van der Waals surface area contributed by atoms with Gasteiger partial charge in [0.1, 0.15) is 0 Å². The maximum atomic E-state index is 11.9. The van der Waals surface area contributed by atoms with Crippen LogP contribution in [0.4, 0.5) is 5.69 Å². The van der Waals surface area contributed by atoms with Gasteiger partial charge in [0.05, 0.1) is 12.2 Å². The standard InChI is InChI=1S/C15H16N2O3S/c16-14-8-6-12(7-9-14)10-15(18)17-21(19,20)11-13-4-2-1-3-5-13/h1-9H,10-11,16H2,(H,17,18). The largest absolute Gasteiger partial charge is 0.399 e. The van der Waals surface area contributed by atoms with E-state index in [0.717, 1.165) is 0 Å². The maximum absolute atomic E-state index is 11.9. The van der Waals surface area contributed by atoms with Crippen LogP contribution in [0.25, 0.3) is 0 Å². The van der Waals surface area contributed by atoms with E-state index in [1.54, 1.807) is 54.6 Å². The molecule has 6 heteroatoms. The predicted octanol–water partition coefficient (Wildman–Crippen LogP) is 1.46.